The average molecular weight is 979 g/mol. The van der Waals surface area contributed by atoms with Gasteiger partial charge in [-0.15, -0.1) is 0 Å². The van der Waals surface area contributed by atoms with Crippen LogP contribution in [-0.2, 0) is 38.0 Å². The molecule has 0 aromatic heterocycles. The Kier molecular flexibility index (Phi) is 14.5. The lowest BCUT2D eigenvalue weighted by Crippen LogP contribution is -2.68. The van der Waals surface area contributed by atoms with Gasteiger partial charge in [-0.3, -0.25) is 4.79 Å². The number of aliphatic hydroxyl groups excluding tert-OH is 8. The Morgan fingerprint density at radius 1 is 0.638 bits per heavy atom. The lowest BCUT2D eigenvalue weighted by atomic mass is 9.33. The van der Waals surface area contributed by atoms with Crippen LogP contribution in [0.3, 0.4) is 0 Å². The highest BCUT2D eigenvalue weighted by Crippen LogP contribution is 2.76. The summed E-state index contributed by atoms with van der Waals surface area (Å²) in [5, 5.41) is 87.0. The molecule has 69 heavy (non-hydrogen) atoms. The molecule has 25 atom stereocenters. The Balaban J connectivity index is 0.979. The van der Waals surface area contributed by atoms with Crippen LogP contribution in [0.1, 0.15) is 146 Å². The summed E-state index contributed by atoms with van der Waals surface area (Å²) in [6, 6.07) is 0. The summed E-state index contributed by atoms with van der Waals surface area (Å²) in [7, 11) is 0. The van der Waals surface area contributed by atoms with Crippen molar-refractivity contribution >= 4 is 5.97 Å². The van der Waals surface area contributed by atoms with E-state index in [-0.39, 0.29) is 40.2 Å². The van der Waals surface area contributed by atoms with Crippen molar-refractivity contribution in [3.63, 3.8) is 0 Å². The van der Waals surface area contributed by atoms with E-state index >= 15 is 0 Å². The van der Waals surface area contributed by atoms with Crippen molar-refractivity contribution in [2.45, 2.75) is 250 Å². The first-order valence-electron chi connectivity index (χ1n) is 26.7. The van der Waals surface area contributed by atoms with Gasteiger partial charge in [0.15, 0.2) is 18.9 Å². The largest absolute Gasteiger partial charge is 0.462 e. The van der Waals surface area contributed by atoms with Crippen LogP contribution >= 0.6 is 0 Å². The van der Waals surface area contributed by atoms with Crippen molar-refractivity contribution < 1.29 is 78.8 Å². The SMILES string of the molecule is C[C@H]1[C@H](C)CC[C@]2(C(=O)OC3CCCC3)CC[C@]3(C)C(=CC[C@@H]4[C@@]5(C)CC[C@@H](O[C@@H]6O[C@H](CO)[C@@H](O[C@@H]7O[C@@H](C)[C@H](O)[C@@H](O)[C@H]7O)[C@H](O)[C@H]6O[C@@H]6O[C@@H](C)[C@H](O)[C@@H](O)[C@H]6O)C(C)(C)[C@@H]5CC[C@]43C)[C@H]12. The summed E-state index contributed by atoms with van der Waals surface area (Å²) in [5.41, 5.74) is 0.387. The minimum atomic E-state index is -1.73. The molecule has 9 aliphatic rings. The standard InChI is InChI=1S/C53H86O16/c1-25-16-21-53(48(62)65-29-12-10-11-13-29)23-22-51(8)30(35(53)26(25)2)14-15-33-50(7)19-18-34(49(5,6)32(50)17-20-52(33,51)9)67-47-44(69-46-41(60)39(58)37(56)28(4)64-46)42(61)43(31(24-54)66-47)68-45-40(59)38(57)36(55)27(3)63-45/h14,25-29,31-47,54-61H,10-13,15-24H2,1-9H3/t25-,26+,27+,28+,31-,32+,33-,34-,35+,36+,37+,38-,39-,40-,41-,42+,43-,44-,45+,46+,47+,50+,51-,52-,53+/m1/s1. The van der Waals surface area contributed by atoms with Crippen LogP contribution in [0.4, 0.5) is 0 Å². The van der Waals surface area contributed by atoms with E-state index in [9.17, 15) is 45.6 Å². The molecule has 6 aliphatic carbocycles. The van der Waals surface area contributed by atoms with E-state index in [1.54, 1.807) is 0 Å². The molecule has 0 amide bonds. The van der Waals surface area contributed by atoms with Crippen LogP contribution in [0.2, 0.25) is 0 Å². The Bertz CT molecular complexity index is 1880. The smallest absolute Gasteiger partial charge is 0.312 e. The van der Waals surface area contributed by atoms with Crippen molar-refractivity contribution in [2.24, 2.45) is 56.7 Å². The second-order valence-corrected chi connectivity index (χ2v) is 24.9. The molecule has 3 saturated heterocycles. The van der Waals surface area contributed by atoms with Gasteiger partial charge >= 0.3 is 5.97 Å². The molecule has 16 nitrogen and oxygen atoms in total. The number of hydrogen-bond donors (Lipinski definition) is 8. The van der Waals surface area contributed by atoms with Crippen molar-refractivity contribution in [1.82, 2.24) is 0 Å². The molecule has 0 bridgehead atoms. The van der Waals surface area contributed by atoms with Gasteiger partial charge in [0.05, 0.1) is 30.3 Å². The lowest BCUT2D eigenvalue weighted by Gasteiger charge is -2.71. The molecule has 0 aromatic rings. The Morgan fingerprint density at radius 2 is 1.25 bits per heavy atom. The number of carbonyl (C=O) groups excluding carboxylic acids is 1. The number of rotatable bonds is 9. The normalized spacial score (nSPS) is 54.3. The highest BCUT2D eigenvalue weighted by atomic mass is 16.8. The van der Waals surface area contributed by atoms with E-state index in [1.165, 1.54) is 19.4 Å². The summed E-state index contributed by atoms with van der Waals surface area (Å²) in [4.78, 5) is 14.6. The molecule has 0 radical (unpaired) electrons. The molecule has 3 heterocycles. The van der Waals surface area contributed by atoms with Gasteiger partial charge in [0, 0.05) is 0 Å². The van der Waals surface area contributed by atoms with Gasteiger partial charge in [0.1, 0.15) is 67.1 Å². The molecule has 0 unspecified atom stereocenters. The van der Waals surface area contributed by atoms with E-state index in [0.717, 1.165) is 77.0 Å². The summed E-state index contributed by atoms with van der Waals surface area (Å²) in [6.45, 7) is 19.1. The fourth-order valence-corrected chi connectivity index (χ4v) is 16.5. The van der Waals surface area contributed by atoms with Gasteiger partial charge in [0.2, 0.25) is 0 Å². The van der Waals surface area contributed by atoms with Crippen molar-refractivity contribution in [2.75, 3.05) is 6.61 Å². The van der Waals surface area contributed by atoms with Gasteiger partial charge in [-0.1, -0.05) is 60.1 Å². The van der Waals surface area contributed by atoms with E-state index in [1.807, 2.05) is 0 Å². The number of carbonyl (C=O) groups is 1. The molecule has 394 valence electrons. The zero-order valence-electron chi connectivity index (χ0n) is 42.5. The molecular weight excluding hydrogens is 893 g/mol. The van der Waals surface area contributed by atoms with Gasteiger partial charge < -0.3 is 74.0 Å². The maximum absolute atomic E-state index is 14.6. The minimum absolute atomic E-state index is 0.0232. The van der Waals surface area contributed by atoms with Crippen molar-refractivity contribution in [3.05, 3.63) is 11.6 Å². The van der Waals surface area contributed by atoms with Crippen LogP contribution in [0, 0.1) is 56.7 Å². The number of allylic oxidation sites excluding steroid dienone is 2. The zero-order valence-corrected chi connectivity index (χ0v) is 42.5. The molecule has 16 heteroatoms. The monoisotopic (exact) mass is 979 g/mol. The third-order valence-corrected chi connectivity index (χ3v) is 21.2. The summed E-state index contributed by atoms with van der Waals surface area (Å²) >= 11 is 0. The Labute approximate surface area is 408 Å². The lowest BCUT2D eigenvalue weighted by molar-refractivity contribution is -0.393. The molecule has 8 N–H and O–H groups in total. The topological polar surface area (TPSA) is 244 Å². The zero-order chi connectivity index (χ0) is 49.9. The van der Waals surface area contributed by atoms with Gasteiger partial charge in [-0.25, -0.2) is 0 Å². The van der Waals surface area contributed by atoms with Crippen molar-refractivity contribution in [3.8, 4) is 0 Å². The fraction of sp³-hybridized carbons (Fsp3) is 0.943. The van der Waals surface area contributed by atoms with E-state index in [2.05, 4.69) is 54.5 Å². The average Bonchev–Trinajstić information content (AvgIpc) is 3.83. The number of aliphatic hydroxyl groups is 8. The molecule has 0 spiro atoms. The molecule has 9 rings (SSSR count). The Morgan fingerprint density at radius 3 is 1.86 bits per heavy atom. The fourth-order valence-electron chi connectivity index (χ4n) is 16.5. The maximum Gasteiger partial charge on any atom is 0.312 e. The van der Waals surface area contributed by atoms with E-state index in [0.29, 0.717) is 24.2 Å². The highest BCUT2D eigenvalue weighted by molar-refractivity contribution is 5.79. The minimum Gasteiger partial charge on any atom is -0.462 e. The summed E-state index contributed by atoms with van der Waals surface area (Å²) < 4.78 is 43.8. The molecule has 3 aliphatic heterocycles. The predicted octanol–water partition coefficient (Wildman–Crippen LogP) is 4.02. The molecular formula is C53H86O16. The predicted molar refractivity (Wildman–Crippen MR) is 248 cm³/mol. The maximum atomic E-state index is 14.6. The van der Waals surface area contributed by atoms with Gasteiger partial charge in [-0.2, -0.15) is 0 Å². The molecule has 8 fully saturated rings. The van der Waals surface area contributed by atoms with Crippen LogP contribution in [0.15, 0.2) is 11.6 Å². The molecule has 5 saturated carbocycles. The van der Waals surface area contributed by atoms with Crippen LogP contribution < -0.4 is 0 Å². The third kappa shape index (κ3) is 8.35. The number of fused-ring (bicyclic) bond motifs is 7. The summed E-state index contributed by atoms with van der Waals surface area (Å²) in [6.07, 6.45) is -7.25. The highest BCUT2D eigenvalue weighted by Gasteiger charge is 2.70. The Hall–Kier alpha value is -1.35. The quantitative estimate of drug-likeness (QED) is 0.0925. The first-order valence-corrected chi connectivity index (χ1v) is 26.7. The molecule has 0 aromatic carbocycles. The van der Waals surface area contributed by atoms with Gasteiger partial charge in [0.25, 0.3) is 0 Å². The number of hydrogen-bond acceptors (Lipinski definition) is 16. The third-order valence-electron chi connectivity index (χ3n) is 21.2. The van der Waals surface area contributed by atoms with Crippen LogP contribution in [-0.4, -0.2) is 158 Å². The second kappa shape index (κ2) is 19.1. The number of esters is 1. The van der Waals surface area contributed by atoms with Crippen LogP contribution in [0.25, 0.3) is 0 Å². The summed E-state index contributed by atoms with van der Waals surface area (Å²) in [5.74, 6) is 1.67. The van der Waals surface area contributed by atoms with Crippen molar-refractivity contribution in [1.29, 1.82) is 0 Å². The van der Waals surface area contributed by atoms with Crippen LogP contribution in [0.5, 0.6) is 0 Å². The number of ether oxygens (including phenoxy) is 7. The van der Waals surface area contributed by atoms with E-state index in [4.69, 9.17) is 33.2 Å². The first-order chi connectivity index (χ1) is 32.4. The van der Waals surface area contributed by atoms with Gasteiger partial charge in [-0.05, 0) is 149 Å². The first kappa shape index (κ1) is 52.5. The second-order valence-electron chi connectivity index (χ2n) is 24.9. The van der Waals surface area contributed by atoms with E-state index < -0.39 is 116 Å².